The highest BCUT2D eigenvalue weighted by Crippen LogP contribution is 2.32. The molecule has 25 heavy (non-hydrogen) atoms. The van der Waals surface area contributed by atoms with Crippen LogP contribution in [0.1, 0.15) is 41.1 Å². The molecule has 1 aliphatic rings. The monoisotopic (exact) mass is 341 g/mol. The quantitative estimate of drug-likeness (QED) is 0.782. The lowest BCUT2D eigenvalue weighted by Gasteiger charge is -2.28. The number of carbonyl (C=O) groups excluding carboxylic acids is 1. The SMILES string of the molecule is Cc1cc(NC(=O)c2c(C)oc3ncnc(N4CCCCC4)c23)no1. The molecular weight excluding hydrogens is 322 g/mol. The van der Waals surface area contributed by atoms with E-state index in [1.54, 1.807) is 19.9 Å². The van der Waals surface area contributed by atoms with Crippen molar-refractivity contribution in [3.8, 4) is 0 Å². The number of fused-ring (bicyclic) bond motifs is 1. The Morgan fingerprint density at radius 1 is 1.20 bits per heavy atom. The van der Waals surface area contributed by atoms with Crippen molar-refractivity contribution in [3.05, 3.63) is 29.5 Å². The summed E-state index contributed by atoms with van der Waals surface area (Å²) in [6.07, 6.45) is 4.93. The van der Waals surface area contributed by atoms with Gasteiger partial charge in [0, 0.05) is 19.2 Å². The van der Waals surface area contributed by atoms with Gasteiger partial charge in [0.25, 0.3) is 5.91 Å². The fourth-order valence-electron chi connectivity index (χ4n) is 3.25. The second kappa shape index (κ2) is 6.19. The molecule has 1 amide bonds. The van der Waals surface area contributed by atoms with Gasteiger partial charge in [0.1, 0.15) is 23.7 Å². The Morgan fingerprint density at radius 2 is 2.00 bits per heavy atom. The van der Waals surface area contributed by atoms with Gasteiger partial charge in [-0.1, -0.05) is 5.16 Å². The average Bonchev–Trinajstić information content (AvgIpc) is 3.17. The van der Waals surface area contributed by atoms with Crippen LogP contribution in [0.4, 0.5) is 11.6 Å². The highest BCUT2D eigenvalue weighted by Gasteiger charge is 2.26. The van der Waals surface area contributed by atoms with Crippen LogP contribution in [0, 0.1) is 13.8 Å². The van der Waals surface area contributed by atoms with E-state index in [1.165, 1.54) is 12.7 Å². The van der Waals surface area contributed by atoms with E-state index in [1.807, 2.05) is 0 Å². The number of hydrogen-bond acceptors (Lipinski definition) is 7. The molecule has 1 aliphatic heterocycles. The first kappa shape index (κ1) is 15.6. The van der Waals surface area contributed by atoms with Crippen molar-refractivity contribution in [2.45, 2.75) is 33.1 Å². The van der Waals surface area contributed by atoms with E-state index in [9.17, 15) is 4.79 Å². The zero-order valence-electron chi connectivity index (χ0n) is 14.2. The highest BCUT2D eigenvalue weighted by molar-refractivity contribution is 6.15. The lowest BCUT2D eigenvalue weighted by Crippen LogP contribution is -2.30. The zero-order valence-corrected chi connectivity index (χ0v) is 14.2. The van der Waals surface area contributed by atoms with Crippen LogP contribution < -0.4 is 10.2 Å². The molecule has 1 fully saturated rings. The van der Waals surface area contributed by atoms with Crippen LogP contribution in [-0.4, -0.2) is 34.1 Å². The maximum atomic E-state index is 12.8. The van der Waals surface area contributed by atoms with Gasteiger partial charge >= 0.3 is 0 Å². The summed E-state index contributed by atoms with van der Waals surface area (Å²) in [5.74, 6) is 1.95. The zero-order chi connectivity index (χ0) is 17.4. The molecule has 4 rings (SSSR count). The smallest absolute Gasteiger partial charge is 0.261 e. The topological polar surface area (TPSA) is 97.3 Å². The summed E-state index contributed by atoms with van der Waals surface area (Å²) in [5.41, 5.74) is 0.867. The maximum Gasteiger partial charge on any atom is 0.261 e. The van der Waals surface area contributed by atoms with E-state index in [4.69, 9.17) is 8.94 Å². The van der Waals surface area contributed by atoms with Crippen LogP contribution in [-0.2, 0) is 0 Å². The molecule has 0 spiro atoms. The number of aryl methyl sites for hydroxylation is 2. The molecule has 0 radical (unpaired) electrons. The van der Waals surface area contributed by atoms with Crippen LogP contribution in [0.5, 0.6) is 0 Å². The summed E-state index contributed by atoms with van der Waals surface area (Å²) in [6, 6.07) is 1.66. The summed E-state index contributed by atoms with van der Waals surface area (Å²) in [6.45, 7) is 5.36. The van der Waals surface area contributed by atoms with Crippen LogP contribution in [0.3, 0.4) is 0 Å². The van der Waals surface area contributed by atoms with Gasteiger partial charge in [-0.05, 0) is 33.1 Å². The van der Waals surface area contributed by atoms with Crippen LogP contribution in [0.2, 0.25) is 0 Å². The molecular formula is C17H19N5O3. The van der Waals surface area contributed by atoms with Gasteiger partial charge in [-0.25, -0.2) is 9.97 Å². The summed E-state index contributed by atoms with van der Waals surface area (Å²) in [4.78, 5) is 23.7. The van der Waals surface area contributed by atoms with Gasteiger partial charge in [0.15, 0.2) is 5.82 Å². The second-order valence-corrected chi connectivity index (χ2v) is 6.24. The van der Waals surface area contributed by atoms with Crippen molar-refractivity contribution < 1.29 is 13.7 Å². The van der Waals surface area contributed by atoms with Crippen molar-refractivity contribution >= 4 is 28.6 Å². The molecule has 0 aliphatic carbocycles. The van der Waals surface area contributed by atoms with Crippen molar-refractivity contribution in [2.24, 2.45) is 0 Å². The third kappa shape index (κ3) is 2.84. The molecule has 0 saturated carbocycles. The Balaban J connectivity index is 1.77. The molecule has 8 nitrogen and oxygen atoms in total. The van der Waals surface area contributed by atoms with Gasteiger partial charge < -0.3 is 19.2 Å². The number of aromatic nitrogens is 3. The molecule has 0 unspecified atom stereocenters. The van der Waals surface area contributed by atoms with Crippen LogP contribution in [0.15, 0.2) is 21.3 Å². The van der Waals surface area contributed by atoms with Gasteiger partial charge in [-0.2, -0.15) is 0 Å². The average molecular weight is 341 g/mol. The van der Waals surface area contributed by atoms with Crippen LogP contribution >= 0.6 is 0 Å². The minimum absolute atomic E-state index is 0.308. The lowest BCUT2D eigenvalue weighted by atomic mass is 10.1. The van der Waals surface area contributed by atoms with E-state index in [0.29, 0.717) is 34.0 Å². The Labute approximate surface area is 144 Å². The summed E-state index contributed by atoms with van der Waals surface area (Å²) >= 11 is 0. The molecule has 1 N–H and O–H groups in total. The Kier molecular flexibility index (Phi) is 3.87. The number of nitrogens with zero attached hydrogens (tertiary/aromatic N) is 4. The number of hydrogen-bond donors (Lipinski definition) is 1. The molecule has 4 heterocycles. The fourth-order valence-corrected chi connectivity index (χ4v) is 3.25. The fraction of sp³-hybridized carbons (Fsp3) is 0.412. The summed E-state index contributed by atoms with van der Waals surface area (Å²) in [5, 5.41) is 7.21. The van der Waals surface area contributed by atoms with E-state index in [-0.39, 0.29) is 5.91 Å². The first-order valence-electron chi connectivity index (χ1n) is 8.37. The highest BCUT2D eigenvalue weighted by atomic mass is 16.5. The van der Waals surface area contributed by atoms with E-state index in [2.05, 4.69) is 25.3 Å². The first-order valence-corrected chi connectivity index (χ1v) is 8.37. The second-order valence-electron chi connectivity index (χ2n) is 6.24. The predicted molar refractivity (Wildman–Crippen MR) is 91.8 cm³/mol. The molecule has 3 aromatic heterocycles. The third-order valence-corrected chi connectivity index (χ3v) is 4.40. The minimum Gasteiger partial charge on any atom is -0.442 e. The van der Waals surface area contributed by atoms with Crippen molar-refractivity contribution in [1.82, 2.24) is 15.1 Å². The van der Waals surface area contributed by atoms with Crippen molar-refractivity contribution in [3.63, 3.8) is 0 Å². The van der Waals surface area contributed by atoms with Gasteiger partial charge in [0.05, 0.1) is 10.9 Å². The summed E-state index contributed by atoms with van der Waals surface area (Å²) in [7, 11) is 0. The Morgan fingerprint density at radius 3 is 2.72 bits per heavy atom. The first-order chi connectivity index (χ1) is 12.1. The van der Waals surface area contributed by atoms with Crippen LogP contribution in [0.25, 0.3) is 11.1 Å². The van der Waals surface area contributed by atoms with Gasteiger partial charge in [-0.15, -0.1) is 0 Å². The molecule has 0 aromatic carbocycles. The number of amides is 1. The summed E-state index contributed by atoms with van der Waals surface area (Å²) < 4.78 is 10.7. The predicted octanol–water partition coefficient (Wildman–Crippen LogP) is 3.07. The van der Waals surface area contributed by atoms with Gasteiger partial charge in [-0.3, -0.25) is 4.79 Å². The maximum absolute atomic E-state index is 12.8. The van der Waals surface area contributed by atoms with E-state index >= 15 is 0 Å². The number of piperidine rings is 1. The molecule has 1 saturated heterocycles. The molecule has 130 valence electrons. The molecule has 3 aromatic rings. The number of furan rings is 1. The largest absolute Gasteiger partial charge is 0.442 e. The lowest BCUT2D eigenvalue weighted by molar-refractivity contribution is 0.102. The minimum atomic E-state index is -0.308. The number of nitrogens with one attached hydrogen (secondary N) is 1. The Hall–Kier alpha value is -2.90. The molecule has 0 bridgehead atoms. The Bertz CT molecular complexity index is 924. The van der Waals surface area contributed by atoms with E-state index < -0.39 is 0 Å². The number of anilines is 2. The van der Waals surface area contributed by atoms with Crippen molar-refractivity contribution in [1.29, 1.82) is 0 Å². The number of rotatable bonds is 3. The van der Waals surface area contributed by atoms with E-state index in [0.717, 1.165) is 31.7 Å². The standard InChI is InChI=1S/C17H19N5O3/c1-10-8-12(21-25-10)20-16(23)13-11(2)24-17-14(13)15(18-9-19-17)22-6-4-3-5-7-22/h8-9H,3-7H2,1-2H3,(H,20,21,23). The number of carbonyl (C=O) groups is 1. The molecule has 0 atom stereocenters. The third-order valence-electron chi connectivity index (χ3n) is 4.40. The van der Waals surface area contributed by atoms with Crippen molar-refractivity contribution in [2.75, 3.05) is 23.3 Å². The normalized spacial score (nSPS) is 14.9. The van der Waals surface area contributed by atoms with Gasteiger partial charge in [0.2, 0.25) is 5.71 Å². The molecule has 8 heteroatoms.